The molecule has 0 aliphatic carbocycles. The smallest absolute Gasteiger partial charge is 0.248 e. The van der Waals surface area contributed by atoms with E-state index in [2.05, 4.69) is 39.5 Å². The summed E-state index contributed by atoms with van der Waals surface area (Å²) in [6.45, 7) is 4.67. The van der Waals surface area contributed by atoms with Gasteiger partial charge in [-0.15, -0.1) is 0 Å². The van der Waals surface area contributed by atoms with Crippen LogP contribution in [-0.4, -0.2) is 28.5 Å². The molecule has 3 aromatic rings. The van der Waals surface area contributed by atoms with Crippen LogP contribution in [0.3, 0.4) is 0 Å². The van der Waals surface area contributed by atoms with Gasteiger partial charge in [-0.2, -0.15) is 0 Å². The number of carbonyl (C=O) groups excluding carboxylic acids is 1. The molecule has 150 valence electrons. The molecule has 0 unspecified atom stereocenters. The summed E-state index contributed by atoms with van der Waals surface area (Å²) in [6.07, 6.45) is 7.43. The normalized spacial score (nSPS) is 15.1. The molecule has 1 fully saturated rings. The molecule has 0 bridgehead atoms. The first-order valence-corrected chi connectivity index (χ1v) is 10.4. The Hall–Kier alpha value is -3.08. The van der Waals surface area contributed by atoms with Gasteiger partial charge < -0.3 is 14.8 Å². The van der Waals surface area contributed by atoms with E-state index in [1.54, 1.807) is 6.20 Å². The van der Waals surface area contributed by atoms with Crippen molar-refractivity contribution in [3.05, 3.63) is 83.9 Å². The minimum Gasteiger partial charge on any atom is -0.372 e. The first-order chi connectivity index (χ1) is 14.2. The number of nitrogens with one attached hydrogen (secondary N) is 1. The Balaban J connectivity index is 1.49. The molecule has 1 aromatic heterocycles. The number of amides is 1. The van der Waals surface area contributed by atoms with E-state index in [-0.39, 0.29) is 5.91 Å². The molecule has 4 rings (SSSR count). The van der Waals surface area contributed by atoms with Crippen LogP contribution < -0.4 is 10.2 Å². The fraction of sp³-hybridized carbons (Fsp3) is 0.333. The van der Waals surface area contributed by atoms with Crippen LogP contribution in [0.15, 0.2) is 67.0 Å². The number of piperidine rings is 1. The maximum Gasteiger partial charge on any atom is 0.248 e. The highest BCUT2D eigenvalue weighted by Gasteiger charge is 2.23. The monoisotopic (exact) mass is 388 g/mol. The summed E-state index contributed by atoms with van der Waals surface area (Å²) in [5, 5.41) is 3.14. The van der Waals surface area contributed by atoms with Crippen LogP contribution in [0.25, 0.3) is 0 Å². The zero-order valence-corrected chi connectivity index (χ0v) is 16.9. The molecule has 5 heteroatoms. The average Bonchev–Trinajstić information content (AvgIpc) is 3.19. The van der Waals surface area contributed by atoms with Crippen LogP contribution in [0.1, 0.15) is 42.3 Å². The number of benzene rings is 2. The second-order valence-corrected chi connectivity index (χ2v) is 7.63. The zero-order valence-electron chi connectivity index (χ0n) is 16.9. The summed E-state index contributed by atoms with van der Waals surface area (Å²) in [5.74, 6) is 0.793. The molecule has 2 aromatic carbocycles. The van der Waals surface area contributed by atoms with E-state index in [4.69, 9.17) is 0 Å². The number of nitrogens with zero attached hydrogens (tertiary/aromatic N) is 3. The number of carbonyl (C=O) groups is 1. The molecule has 1 saturated heterocycles. The summed E-state index contributed by atoms with van der Waals surface area (Å²) in [5.41, 5.74) is 3.32. The molecular weight excluding hydrogens is 360 g/mol. The maximum absolute atomic E-state index is 13.2. The standard InChI is InChI=1S/C24H28N4O/c1-19-25-13-16-28(19)23(21-10-4-2-5-11-21)24(29)26-18-20-9-8-12-22(17-20)27-14-6-3-7-15-27/h2,4-5,8-13,16-17,23H,3,6-7,14-15,18H2,1H3,(H,26,29)/t23-/m0/s1. The topological polar surface area (TPSA) is 50.2 Å². The summed E-state index contributed by atoms with van der Waals surface area (Å²) < 4.78 is 1.93. The van der Waals surface area contributed by atoms with Gasteiger partial charge in [-0.05, 0) is 49.4 Å². The largest absolute Gasteiger partial charge is 0.372 e. The van der Waals surface area contributed by atoms with Crippen molar-refractivity contribution in [1.29, 1.82) is 0 Å². The first kappa shape index (κ1) is 19.2. The summed E-state index contributed by atoms with van der Waals surface area (Å²) in [4.78, 5) is 19.9. The third-order valence-electron chi connectivity index (χ3n) is 5.60. The van der Waals surface area contributed by atoms with Gasteiger partial charge >= 0.3 is 0 Å². The Morgan fingerprint density at radius 3 is 2.59 bits per heavy atom. The zero-order chi connectivity index (χ0) is 20.1. The van der Waals surface area contributed by atoms with E-state index >= 15 is 0 Å². The maximum atomic E-state index is 13.2. The summed E-state index contributed by atoms with van der Waals surface area (Å²) in [7, 11) is 0. The lowest BCUT2D eigenvalue weighted by Crippen LogP contribution is -2.33. The predicted octanol–water partition coefficient (Wildman–Crippen LogP) is 4.09. The highest BCUT2D eigenvalue weighted by molar-refractivity contribution is 5.83. The second kappa shape index (κ2) is 8.95. The van der Waals surface area contributed by atoms with E-state index in [0.29, 0.717) is 6.54 Å². The van der Waals surface area contributed by atoms with Gasteiger partial charge in [0.25, 0.3) is 0 Å². The molecule has 1 aliphatic rings. The van der Waals surface area contributed by atoms with E-state index < -0.39 is 6.04 Å². The van der Waals surface area contributed by atoms with Crippen molar-refractivity contribution in [2.24, 2.45) is 0 Å². The molecule has 1 N–H and O–H groups in total. The Kier molecular flexibility index (Phi) is 5.94. The molecule has 0 radical (unpaired) electrons. The summed E-state index contributed by atoms with van der Waals surface area (Å²) >= 11 is 0. The SMILES string of the molecule is Cc1nccn1[C@H](C(=O)NCc1cccc(N2CCCCC2)c1)c1ccccc1. The Morgan fingerprint density at radius 1 is 1.07 bits per heavy atom. The highest BCUT2D eigenvalue weighted by atomic mass is 16.2. The Morgan fingerprint density at radius 2 is 1.86 bits per heavy atom. The molecule has 1 aliphatic heterocycles. The van der Waals surface area contributed by atoms with Crippen molar-refractivity contribution in [1.82, 2.24) is 14.9 Å². The van der Waals surface area contributed by atoms with Gasteiger partial charge in [-0.25, -0.2) is 4.98 Å². The van der Waals surface area contributed by atoms with Gasteiger partial charge in [0.05, 0.1) is 0 Å². The van der Waals surface area contributed by atoms with Gasteiger partial charge in [0.1, 0.15) is 11.9 Å². The molecule has 2 heterocycles. The van der Waals surface area contributed by atoms with Gasteiger partial charge in [0.2, 0.25) is 5.91 Å². The fourth-order valence-corrected chi connectivity index (χ4v) is 4.04. The van der Waals surface area contributed by atoms with Crippen LogP contribution in [0.4, 0.5) is 5.69 Å². The van der Waals surface area contributed by atoms with Crippen molar-refractivity contribution < 1.29 is 4.79 Å². The fourth-order valence-electron chi connectivity index (χ4n) is 4.04. The van der Waals surface area contributed by atoms with Crippen molar-refractivity contribution in [3.8, 4) is 0 Å². The van der Waals surface area contributed by atoms with E-state index in [9.17, 15) is 4.79 Å². The number of anilines is 1. The van der Waals surface area contributed by atoms with Gasteiger partial charge in [0, 0.05) is 37.7 Å². The minimum absolute atomic E-state index is 0.0272. The molecule has 0 saturated carbocycles. The van der Waals surface area contributed by atoms with Crippen LogP contribution in [0.2, 0.25) is 0 Å². The number of hydrogen-bond acceptors (Lipinski definition) is 3. The van der Waals surface area contributed by atoms with E-state index in [1.807, 2.05) is 48.0 Å². The first-order valence-electron chi connectivity index (χ1n) is 10.4. The molecule has 5 nitrogen and oxygen atoms in total. The lowest BCUT2D eigenvalue weighted by atomic mass is 10.1. The van der Waals surface area contributed by atoms with Gasteiger partial charge in [-0.3, -0.25) is 4.79 Å². The molecular formula is C24H28N4O. The number of aryl methyl sites for hydroxylation is 1. The number of aromatic nitrogens is 2. The minimum atomic E-state index is -0.427. The molecule has 1 amide bonds. The quantitative estimate of drug-likeness (QED) is 0.692. The molecule has 29 heavy (non-hydrogen) atoms. The van der Waals surface area contributed by atoms with Crippen molar-refractivity contribution >= 4 is 11.6 Å². The number of hydrogen-bond donors (Lipinski definition) is 1. The highest BCUT2D eigenvalue weighted by Crippen LogP contribution is 2.22. The molecule has 0 spiro atoms. The summed E-state index contributed by atoms with van der Waals surface area (Å²) in [6, 6.07) is 18.0. The number of rotatable bonds is 6. The third kappa shape index (κ3) is 4.50. The van der Waals surface area contributed by atoms with Crippen LogP contribution in [0.5, 0.6) is 0 Å². The number of imidazole rings is 1. The van der Waals surface area contributed by atoms with Crippen molar-refractivity contribution in [2.45, 2.75) is 38.8 Å². The van der Waals surface area contributed by atoms with Crippen LogP contribution in [-0.2, 0) is 11.3 Å². The third-order valence-corrected chi connectivity index (χ3v) is 5.60. The van der Waals surface area contributed by atoms with Gasteiger partial charge in [0.15, 0.2) is 0 Å². The second-order valence-electron chi connectivity index (χ2n) is 7.63. The lowest BCUT2D eigenvalue weighted by Gasteiger charge is -2.29. The van der Waals surface area contributed by atoms with Crippen LogP contribution in [0, 0.1) is 6.92 Å². The van der Waals surface area contributed by atoms with E-state index in [0.717, 1.165) is 30.0 Å². The Labute approximate surface area is 172 Å². The van der Waals surface area contributed by atoms with Gasteiger partial charge in [-0.1, -0.05) is 42.5 Å². The average molecular weight is 389 g/mol. The predicted molar refractivity (Wildman–Crippen MR) is 116 cm³/mol. The lowest BCUT2D eigenvalue weighted by molar-refractivity contribution is -0.123. The van der Waals surface area contributed by atoms with Crippen LogP contribution >= 0.6 is 0 Å². The van der Waals surface area contributed by atoms with Crippen molar-refractivity contribution in [2.75, 3.05) is 18.0 Å². The molecule has 1 atom stereocenters. The van der Waals surface area contributed by atoms with E-state index in [1.165, 1.54) is 24.9 Å². The Bertz CT molecular complexity index is 944. The van der Waals surface area contributed by atoms with Crippen molar-refractivity contribution in [3.63, 3.8) is 0 Å².